The van der Waals surface area contributed by atoms with Crippen molar-refractivity contribution in [3.8, 4) is 11.3 Å². The summed E-state index contributed by atoms with van der Waals surface area (Å²) in [6.07, 6.45) is 1.70. The van der Waals surface area contributed by atoms with Crippen molar-refractivity contribution in [1.82, 2.24) is 14.7 Å². The molecule has 1 aliphatic heterocycles. The lowest BCUT2D eigenvalue weighted by molar-refractivity contribution is 0.122. The number of thiazole rings is 1. The Hall–Kier alpha value is -2.90. The van der Waals surface area contributed by atoms with Crippen LogP contribution in [0.25, 0.3) is 11.3 Å². The van der Waals surface area contributed by atoms with Gasteiger partial charge in [-0.25, -0.2) is 17.7 Å². The minimum absolute atomic E-state index is 0.173. The molecule has 0 amide bonds. The summed E-state index contributed by atoms with van der Waals surface area (Å²) >= 11 is 6.90. The van der Waals surface area contributed by atoms with E-state index in [4.69, 9.17) is 21.9 Å². The number of rotatable bonds is 7. The zero-order valence-electron chi connectivity index (χ0n) is 19.3. The molecule has 2 heterocycles. The Labute approximate surface area is 214 Å². The standard InChI is InChI=1S/C23H26N6O3S3/c1-28(2)35(30,31)19-10-6-9-18(15-19)25-22(33)27-24-16-20-21(17-7-4-3-5-8-17)26-23(34-20)29-11-13-32-14-12-29/h3-10,15-16H,11-14H2,1-2H3,(H2,25,27,33). The summed E-state index contributed by atoms with van der Waals surface area (Å²) in [5.74, 6) is 0. The first-order valence-electron chi connectivity index (χ1n) is 10.9. The van der Waals surface area contributed by atoms with Crippen LogP contribution in [0.15, 0.2) is 64.6 Å². The van der Waals surface area contributed by atoms with E-state index in [-0.39, 0.29) is 10.0 Å². The van der Waals surface area contributed by atoms with Crippen molar-refractivity contribution in [3.63, 3.8) is 0 Å². The van der Waals surface area contributed by atoms with Gasteiger partial charge in [-0.15, -0.1) is 0 Å². The van der Waals surface area contributed by atoms with Crippen LogP contribution in [-0.4, -0.2) is 69.4 Å². The van der Waals surface area contributed by atoms with Gasteiger partial charge in [-0.05, 0) is 30.4 Å². The summed E-state index contributed by atoms with van der Waals surface area (Å²) in [5, 5.41) is 8.44. The maximum Gasteiger partial charge on any atom is 0.242 e. The molecule has 0 aliphatic carbocycles. The maximum absolute atomic E-state index is 12.4. The molecule has 1 saturated heterocycles. The van der Waals surface area contributed by atoms with E-state index in [1.54, 1.807) is 29.7 Å². The molecule has 9 nitrogen and oxygen atoms in total. The molecule has 0 saturated carbocycles. The van der Waals surface area contributed by atoms with Crippen LogP contribution in [-0.2, 0) is 14.8 Å². The molecular weight excluding hydrogens is 504 g/mol. The number of nitrogens with one attached hydrogen (secondary N) is 2. The molecule has 0 bridgehead atoms. The first-order valence-corrected chi connectivity index (χ1v) is 13.5. The fourth-order valence-corrected chi connectivity index (χ4v) is 5.48. The Kier molecular flexibility index (Phi) is 8.08. The monoisotopic (exact) mass is 530 g/mol. The van der Waals surface area contributed by atoms with Gasteiger partial charge in [-0.3, -0.25) is 5.43 Å². The number of anilines is 2. The van der Waals surface area contributed by atoms with E-state index < -0.39 is 10.0 Å². The first-order chi connectivity index (χ1) is 16.8. The van der Waals surface area contributed by atoms with Crippen molar-refractivity contribution in [1.29, 1.82) is 0 Å². The van der Waals surface area contributed by atoms with Crippen LogP contribution in [0.4, 0.5) is 10.8 Å². The van der Waals surface area contributed by atoms with Crippen molar-refractivity contribution in [3.05, 3.63) is 59.5 Å². The minimum atomic E-state index is -3.54. The van der Waals surface area contributed by atoms with Gasteiger partial charge < -0.3 is 15.0 Å². The van der Waals surface area contributed by atoms with Crippen molar-refractivity contribution < 1.29 is 13.2 Å². The fraction of sp³-hybridized carbons (Fsp3) is 0.261. The summed E-state index contributed by atoms with van der Waals surface area (Å²) in [6.45, 7) is 2.96. The molecule has 12 heteroatoms. The predicted octanol–water partition coefficient (Wildman–Crippen LogP) is 3.22. The van der Waals surface area contributed by atoms with Crippen molar-refractivity contribution in [2.24, 2.45) is 5.10 Å². The van der Waals surface area contributed by atoms with E-state index in [1.807, 2.05) is 30.3 Å². The summed E-state index contributed by atoms with van der Waals surface area (Å²) in [5.41, 5.74) is 5.20. The Bertz CT molecular complexity index is 1300. The van der Waals surface area contributed by atoms with Crippen molar-refractivity contribution in [2.45, 2.75) is 4.90 Å². The summed E-state index contributed by atoms with van der Waals surface area (Å²) in [4.78, 5) is 8.16. The average molecular weight is 531 g/mol. The molecule has 0 unspecified atom stereocenters. The van der Waals surface area contributed by atoms with Crippen LogP contribution >= 0.6 is 23.6 Å². The number of benzene rings is 2. The number of hydrazone groups is 1. The second-order valence-electron chi connectivity index (χ2n) is 7.81. The molecule has 0 radical (unpaired) electrons. The zero-order valence-corrected chi connectivity index (χ0v) is 21.8. The summed E-state index contributed by atoms with van der Waals surface area (Å²) in [7, 11) is -0.564. The number of nitrogens with zero attached hydrogens (tertiary/aromatic N) is 4. The first kappa shape index (κ1) is 25.2. The third-order valence-electron chi connectivity index (χ3n) is 5.19. The SMILES string of the molecule is CN(C)S(=O)(=O)c1cccc(NC(=S)NN=Cc2sc(N3CCOCC3)nc2-c2ccccc2)c1. The van der Waals surface area contributed by atoms with Crippen LogP contribution in [0.5, 0.6) is 0 Å². The molecule has 0 atom stereocenters. The molecule has 1 aromatic heterocycles. The maximum atomic E-state index is 12.4. The van der Waals surface area contributed by atoms with Gasteiger partial charge in [0.1, 0.15) is 0 Å². The van der Waals surface area contributed by atoms with Gasteiger partial charge in [-0.2, -0.15) is 5.10 Å². The van der Waals surface area contributed by atoms with Crippen LogP contribution in [0, 0.1) is 0 Å². The smallest absolute Gasteiger partial charge is 0.242 e. The van der Waals surface area contributed by atoms with Gasteiger partial charge >= 0.3 is 0 Å². The minimum Gasteiger partial charge on any atom is -0.378 e. The van der Waals surface area contributed by atoms with Gasteiger partial charge in [-0.1, -0.05) is 47.7 Å². The lowest BCUT2D eigenvalue weighted by Crippen LogP contribution is -2.36. The zero-order chi connectivity index (χ0) is 24.8. The fourth-order valence-electron chi connectivity index (χ4n) is 3.35. The summed E-state index contributed by atoms with van der Waals surface area (Å²) in [6, 6.07) is 16.4. The van der Waals surface area contributed by atoms with Crippen molar-refractivity contribution >= 4 is 55.7 Å². The third kappa shape index (κ3) is 6.21. The number of hydrogen-bond donors (Lipinski definition) is 2. The second-order valence-corrected chi connectivity index (χ2v) is 11.4. The van der Waals surface area contributed by atoms with Crippen molar-refractivity contribution in [2.75, 3.05) is 50.6 Å². The van der Waals surface area contributed by atoms with E-state index in [2.05, 4.69) is 20.7 Å². The van der Waals surface area contributed by atoms with Crippen LogP contribution in [0.2, 0.25) is 0 Å². The highest BCUT2D eigenvalue weighted by Crippen LogP contribution is 2.32. The molecule has 1 fully saturated rings. The number of morpholine rings is 1. The highest BCUT2D eigenvalue weighted by atomic mass is 32.2. The number of hydrogen-bond acceptors (Lipinski definition) is 8. The lowest BCUT2D eigenvalue weighted by atomic mass is 10.1. The molecule has 184 valence electrons. The van der Waals surface area contributed by atoms with Crippen LogP contribution in [0.1, 0.15) is 4.88 Å². The van der Waals surface area contributed by atoms with E-state index in [0.717, 1.165) is 38.7 Å². The highest BCUT2D eigenvalue weighted by Gasteiger charge is 2.19. The van der Waals surface area contributed by atoms with E-state index in [1.165, 1.54) is 26.2 Å². The van der Waals surface area contributed by atoms with Crippen LogP contribution in [0.3, 0.4) is 0 Å². The van der Waals surface area contributed by atoms with Gasteiger partial charge in [0.2, 0.25) is 10.0 Å². The molecule has 0 spiro atoms. The third-order valence-corrected chi connectivity index (χ3v) is 8.24. The average Bonchev–Trinajstić information content (AvgIpc) is 3.29. The number of thiocarbonyl (C=S) groups is 1. The molecule has 2 N–H and O–H groups in total. The second kappa shape index (κ2) is 11.2. The molecule has 35 heavy (non-hydrogen) atoms. The Morgan fingerprint density at radius 1 is 1.17 bits per heavy atom. The number of sulfonamides is 1. The van der Waals surface area contributed by atoms with Gasteiger partial charge in [0, 0.05) is 38.4 Å². The molecule has 1 aliphatic rings. The Balaban J connectivity index is 1.48. The van der Waals surface area contributed by atoms with Crippen LogP contribution < -0.4 is 15.6 Å². The molecular formula is C23H26N6O3S3. The topological polar surface area (TPSA) is 99.2 Å². The Morgan fingerprint density at radius 3 is 2.63 bits per heavy atom. The molecule has 3 aromatic rings. The Morgan fingerprint density at radius 2 is 1.91 bits per heavy atom. The van der Waals surface area contributed by atoms with Gasteiger partial charge in [0.25, 0.3) is 0 Å². The van der Waals surface area contributed by atoms with E-state index >= 15 is 0 Å². The quantitative estimate of drug-likeness (QED) is 0.273. The number of aromatic nitrogens is 1. The predicted molar refractivity (Wildman–Crippen MR) is 145 cm³/mol. The van der Waals surface area contributed by atoms with Gasteiger partial charge in [0.15, 0.2) is 10.2 Å². The van der Waals surface area contributed by atoms with Gasteiger partial charge in [0.05, 0.1) is 34.9 Å². The summed E-state index contributed by atoms with van der Waals surface area (Å²) < 4.78 is 31.4. The molecule has 4 rings (SSSR count). The normalized spacial score (nSPS) is 14.4. The highest BCUT2D eigenvalue weighted by molar-refractivity contribution is 7.89. The lowest BCUT2D eigenvalue weighted by Gasteiger charge is -2.26. The van der Waals surface area contributed by atoms with E-state index in [9.17, 15) is 8.42 Å². The van der Waals surface area contributed by atoms with E-state index in [0.29, 0.717) is 18.9 Å². The largest absolute Gasteiger partial charge is 0.378 e. The number of ether oxygens (including phenoxy) is 1. The molecule has 2 aromatic carbocycles.